The molecule has 1 aromatic rings. The lowest BCUT2D eigenvalue weighted by Crippen LogP contribution is -2.41. The molecule has 1 amide bonds. The van der Waals surface area contributed by atoms with Crippen LogP contribution in [-0.4, -0.2) is 32.8 Å². The van der Waals surface area contributed by atoms with Crippen LogP contribution in [0.25, 0.3) is 0 Å². The smallest absolute Gasteiger partial charge is 0.249 e. The van der Waals surface area contributed by atoms with Gasteiger partial charge in [0.05, 0.1) is 19.8 Å². The SMILES string of the molecule is COc1ccc(C2(NC(=O)C3CCCO3)CC2)cc1OC. The van der Waals surface area contributed by atoms with Gasteiger partial charge < -0.3 is 19.5 Å². The third-order valence-corrected chi connectivity index (χ3v) is 4.27. The maximum atomic E-state index is 12.3. The van der Waals surface area contributed by atoms with Gasteiger partial charge in [0.25, 0.3) is 0 Å². The van der Waals surface area contributed by atoms with Gasteiger partial charge in [-0.05, 0) is 43.4 Å². The summed E-state index contributed by atoms with van der Waals surface area (Å²) in [6, 6.07) is 5.82. The fourth-order valence-electron chi connectivity index (χ4n) is 2.85. The summed E-state index contributed by atoms with van der Waals surface area (Å²) >= 11 is 0. The molecule has 1 aromatic carbocycles. The van der Waals surface area contributed by atoms with E-state index in [1.165, 1.54) is 0 Å². The lowest BCUT2D eigenvalue weighted by Gasteiger charge is -2.21. The fraction of sp³-hybridized carbons (Fsp3) is 0.562. The molecule has 5 heteroatoms. The van der Waals surface area contributed by atoms with Crippen molar-refractivity contribution in [1.29, 1.82) is 0 Å². The average molecular weight is 291 g/mol. The Morgan fingerprint density at radius 2 is 2.05 bits per heavy atom. The van der Waals surface area contributed by atoms with Gasteiger partial charge in [-0.25, -0.2) is 0 Å². The van der Waals surface area contributed by atoms with E-state index in [4.69, 9.17) is 14.2 Å². The van der Waals surface area contributed by atoms with Crippen LogP contribution in [0.5, 0.6) is 11.5 Å². The minimum absolute atomic E-state index is 0.000199. The Kier molecular flexibility index (Phi) is 3.76. The largest absolute Gasteiger partial charge is 0.493 e. The molecule has 0 spiro atoms. The summed E-state index contributed by atoms with van der Waals surface area (Å²) in [5.74, 6) is 1.38. The van der Waals surface area contributed by atoms with Gasteiger partial charge in [0, 0.05) is 6.61 Å². The van der Waals surface area contributed by atoms with Gasteiger partial charge >= 0.3 is 0 Å². The lowest BCUT2D eigenvalue weighted by atomic mass is 10.0. The molecule has 1 unspecified atom stereocenters. The Morgan fingerprint density at radius 1 is 1.29 bits per heavy atom. The number of methoxy groups -OCH3 is 2. The van der Waals surface area contributed by atoms with Gasteiger partial charge in [0.15, 0.2) is 11.5 Å². The third kappa shape index (κ3) is 2.70. The molecule has 1 atom stereocenters. The number of benzene rings is 1. The van der Waals surface area contributed by atoms with E-state index in [0.29, 0.717) is 18.1 Å². The van der Waals surface area contributed by atoms with E-state index >= 15 is 0 Å². The van der Waals surface area contributed by atoms with E-state index in [0.717, 1.165) is 31.2 Å². The van der Waals surface area contributed by atoms with Gasteiger partial charge in [-0.2, -0.15) is 0 Å². The predicted octanol–water partition coefficient (Wildman–Crippen LogP) is 1.99. The van der Waals surface area contributed by atoms with Crippen LogP contribution >= 0.6 is 0 Å². The van der Waals surface area contributed by atoms with Crippen molar-refractivity contribution in [1.82, 2.24) is 5.32 Å². The maximum absolute atomic E-state index is 12.3. The number of hydrogen-bond donors (Lipinski definition) is 1. The van der Waals surface area contributed by atoms with Crippen LogP contribution in [0, 0.1) is 0 Å². The first kappa shape index (κ1) is 14.2. The predicted molar refractivity (Wildman–Crippen MR) is 77.6 cm³/mol. The third-order valence-electron chi connectivity index (χ3n) is 4.27. The highest BCUT2D eigenvalue weighted by atomic mass is 16.5. The first-order valence-electron chi connectivity index (χ1n) is 7.35. The van der Waals surface area contributed by atoms with E-state index in [-0.39, 0.29) is 17.6 Å². The minimum atomic E-state index is -0.289. The Hall–Kier alpha value is -1.75. The van der Waals surface area contributed by atoms with Crippen LogP contribution in [0.1, 0.15) is 31.2 Å². The zero-order chi connectivity index (χ0) is 14.9. The standard InChI is InChI=1S/C16H21NO4/c1-19-12-6-5-11(10-14(12)20-2)16(7-8-16)17-15(18)13-4-3-9-21-13/h5-6,10,13H,3-4,7-9H2,1-2H3,(H,17,18). The van der Waals surface area contributed by atoms with Crippen molar-refractivity contribution >= 4 is 5.91 Å². The summed E-state index contributed by atoms with van der Waals surface area (Å²) in [7, 11) is 3.23. The molecule has 0 bridgehead atoms. The number of amides is 1. The van der Waals surface area contributed by atoms with Crippen molar-refractivity contribution in [2.75, 3.05) is 20.8 Å². The first-order chi connectivity index (χ1) is 10.2. The Balaban J connectivity index is 1.77. The molecule has 1 saturated carbocycles. The molecule has 1 N–H and O–H groups in total. The summed E-state index contributed by atoms with van der Waals surface area (Å²) in [6.07, 6.45) is 3.37. The van der Waals surface area contributed by atoms with Crippen LogP contribution in [0.3, 0.4) is 0 Å². The van der Waals surface area contributed by atoms with E-state index in [1.54, 1.807) is 14.2 Å². The van der Waals surface area contributed by atoms with Crippen molar-refractivity contribution < 1.29 is 19.0 Å². The second-order valence-corrected chi connectivity index (χ2v) is 5.64. The van der Waals surface area contributed by atoms with Gasteiger partial charge in [0.1, 0.15) is 6.10 Å². The summed E-state index contributed by atoms with van der Waals surface area (Å²) in [6.45, 7) is 0.682. The van der Waals surface area contributed by atoms with Crippen molar-refractivity contribution in [3.05, 3.63) is 23.8 Å². The van der Waals surface area contributed by atoms with Gasteiger partial charge in [-0.15, -0.1) is 0 Å². The fourth-order valence-corrected chi connectivity index (χ4v) is 2.85. The lowest BCUT2D eigenvalue weighted by molar-refractivity contribution is -0.131. The summed E-state index contributed by atoms with van der Waals surface area (Å²) < 4.78 is 16.0. The molecule has 1 saturated heterocycles. The molecule has 2 aliphatic rings. The van der Waals surface area contributed by atoms with Gasteiger partial charge in [-0.3, -0.25) is 4.79 Å². The van der Waals surface area contributed by atoms with Crippen LogP contribution in [-0.2, 0) is 15.1 Å². The first-order valence-corrected chi connectivity index (χ1v) is 7.35. The maximum Gasteiger partial charge on any atom is 0.249 e. The minimum Gasteiger partial charge on any atom is -0.493 e. The molecular weight excluding hydrogens is 270 g/mol. The molecule has 1 heterocycles. The zero-order valence-electron chi connectivity index (χ0n) is 12.5. The number of rotatable bonds is 5. The van der Waals surface area contributed by atoms with E-state index in [2.05, 4.69) is 5.32 Å². The second-order valence-electron chi connectivity index (χ2n) is 5.64. The molecule has 2 fully saturated rings. The molecule has 0 aromatic heterocycles. The van der Waals surface area contributed by atoms with Crippen LogP contribution in [0.2, 0.25) is 0 Å². The second kappa shape index (κ2) is 5.56. The molecule has 1 aliphatic carbocycles. The van der Waals surface area contributed by atoms with Crippen molar-refractivity contribution in [2.24, 2.45) is 0 Å². The number of nitrogens with one attached hydrogen (secondary N) is 1. The highest BCUT2D eigenvalue weighted by Crippen LogP contribution is 2.47. The molecule has 1 aliphatic heterocycles. The van der Waals surface area contributed by atoms with E-state index in [9.17, 15) is 4.79 Å². The van der Waals surface area contributed by atoms with Crippen LogP contribution in [0.15, 0.2) is 18.2 Å². The van der Waals surface area contributed by atoms with E-state index in [1.807, 2.05) is 18.2 Å². The topological polar surface area (TPSA) is 56.8 Å². The Labute approximate surface area is 124 Å². The van der Waals surface area contributed by atoms with Gasteiger partial charge in [-0.1, -0.05) is 6.07 Å². The average Bonchev–Trinajstić information content (AvgIpc) is 3.08. The quantitative estimate of drug-likeness (QED) is 0.901. The van der Waals surface area contributed by atoms with Gasteiger partial charge in [0.2, 0.25) is 5.91 Å². The highest BCUT2D eigenvalue weighted by molar-refractivity contribution is 5.82. The summed E-state index contributed by atoms with van der Waals surface area (Å²) in [5.41, 5.74) is 0.800. The number of ether oxygens (including phenoxy) is 3. The van der Waals surface area contributed by atoms with Crippen molar-refractivity contribution in [2.45, 2.75) is 37.3 Å². The molecular formula is C16H21NO4. The Morgan fingerprint density at radius 3 is 2.62 bits per heavy atom. The number of carbonyl (C=O) groups is 1. The Bertz CT molecular complexity index is 533. The normalized spacial score (nSPS) is 22.7. The molecule has 3 rings (SSSR count). The molecule has 114 valence electrons. The van der Waals surface area contributed by atoms with Crippen molar-refractivity contribution in [3.63, 3.8) is 0 Å². The van der Waals surface area contributed by atoms with Crippen LogP contribution < -0.4 is 14.8 Å². The number of hydrogen-bond acceptors (Lipinski definition) is 4. The molecule has 21 heavy (non-hydrogen) atoms. The summed E-state index contributed by atoms with van der Waals surface area (Å²) in [4.78, 5) is 12.3. The van der Waals surface area contributed by atoms with Crippen molar-refractivity contribution in [3.8, 4) is 11.5 Å². The van der Waals surface area contributed by atoms with E-state index < -0.39 is 0 Å². The molecule has 5 nitrogen and oxygen atoms in total. The number of carbonyl (C=O) groups excluding carboxylic acids is 1. The monoisotopic (exact) mass is 291 g/mol. The van der Waals surface area contributed by atoms with Crippen LogP contribution in [0.4, 0.5) is 0 Å². The molecule has 0 radical (unpaired) electrons. The zero-order valence-corrected chi connectivity index (χ0v) is 12.5. The summed E-state index contributed by atoms with van der Waals surface area (Å²) in [5, 5.41) is 3.15. The highest BCUT2D eigenvalue weighted by Gasteiger charge is 2.47.